The Kier molecular flexibility index (Phi) is 4.87. The van der Waals surface area contributed by atoms with Crippen molar-refractivity contribution in [1.82, 2.24) is 5.32 Å². The molecule has 3 rings (SSSR count). The number of rotatable bonds is 6. The number of amides is 3. The molecule has 1 unspecified atom stereocenters. The summed E-state index contributed by atoms with van der Waals surface area (Å²) in [4.78, 5) is 38.3. The van der Waals surface area contributed by atoms with E-state index in [9.17, 15) is 18.8 Å². The Morgan fingerprint density at radius 1 is 1.40 bits per heavy atom. The number of halogens is 1. The number of alkyl halides is 1. The van der Waals surface area contributed by atoms with E-state index in [2.05, 4.69) is 5.32 Å². The molecule has 0 aliphatic carbocycles. The maximum absolute atomic E-state index is 12.6. The van der Waals surface area contributed by atoms with Gasteiger partial charge in [0.1, 0.15) is 12.8 Å². The molecule has 1 saturated heterocycles. The van der Waals surface area contributed by atoms with Crippen molar-refractivity contribution in [2.75, 3.05) is 36.1 Å². The van der Waals surface area contributed by atoms with Gasteiger partial charge in [-0.1, -0.05) is 6.92 Å². The van der Waals surface area contributed by atoms with Gasteiger partial charge in [0.15, 0.2) is 0 Å². The molecule has 1 aromatic carbocycles. The summed E-state index contributed by atoms with van der Waals surface area (Å²) in [7, 11) is 0. The number of benzene rings is 1. The molecule has 0 bridgehead atoms. The summed E-state index contributed by atoms with van der Waals surface area (Å²) >= 11 is 0. The second-order valence-electron chi connectivity index (χ2n) is 6.00. The van der Waals surface area contributed by atoms with Gasteiger partial charge in [0.2, 0.25) is 11.8 Å². The van der Waals surface area contributed by atoms with E-state index in [1.165, 1.54) is 9.80 Å². The van der Waals surface area contributed by atoms with Gasteiger partial charge >= 0.3 is 6.09 Å². The molecule has 8 heteroatoms. The number of fused-ring (bicyclic) bond motifs is 1. The first-order chi connectivity index (χ1) is 12.0. The number of hydrogen-bond acceptors (Lipinski definition) is 4. The van der Waals surface area contributed by atoms with E-state index in [-0.39, 0.29) is 31.3 Å². The quantitative estimate of drug-likeness (QED) is 0.842. The van der Waals surface area contributed by atoms with E-state index in [1.807, 2.05) is 0 Å². The highest BCUT2D eigenvalue weighted by atomic mass is 19.1. The molecule has 0 aromatic heterocycles. The molecule has 2 aliphatic rings. The lowest BCUT2D eigenvalue weighted by Gasteiger charge is -2.17. The Hall–Kier alpha value is -2.64. The van der Waals surface area contributed by atoms with Crippen molar-refractivity contribution >= 4 is 29.3 Å². The molecule has 134 valence electrons. The highest BCUT2D eigenvalue weighted by Crippen LogP contribution is 2.33. The van der Waals surface area contributed by atoms with Crippen molar-refractivity contribution in [3.63, 3.8) is 0 Å². The Labute approximate surface area is 144 Å². The molecule has 2 heterocycles. The van der Waals surface area contributed by atoms with Crippen LogP contribution in [0, 0.1) is 0 Å². The molecule has 0 spiro atoms. The minimum atomic E-state index is -0.601. The summed E-state index contributed by atoms with van der Waals surface area (Å²) in [5.74, 6) is -0.243. The monoisotopic (exact) mass is 349 g/mol. The second-order valence-corrected chi connectivity index (χ2v) is 6.00. The van der Waals surface area contributed by atoms with Crippen LogP contribution in [0.5, 0.6) is 0 Å². The Bertz CT molecular complexity index is 709. The molecular formula is C17H20FN3O4. The van der Waals surface area contributed by atoms with Crippen molar-refractivity contribution in [1.29, 1.82) is 0 Å². The number of nitrogens with zero attached hydrogens (tertiary/aromatic N) is 2. The minimum Gasteiger partial charge on any atom is -0.442 e. The maximum atomic E-state index is 12.6. The summed E-state index contributed by atoms with van der Waals surface area (Å²) in [5, 5.41) is 2.70. The average molecular weight is 349 g/mol. The number of anilines is 2. The molecule has 25 heavy (non-hydrogen) atoms. The molecule has 1 N–H and O–H groups in total. The van der Waals surface area contributed by atoms with Gasteiger partial charge in [0.05, 0.1) is 26.1 Å². The fourth-order valence-electron chi connectivity index (χ4n) is 3.06. The number of nitrogens with one attached hydrogen (secondary N) is 1. The van der Waals surface area contributed by atoms with E-state index in [1.54, 1.807) is 25.1 Å². The summed E-state index contributed by atoms with van der Waals surface area (Å²) in [6, 6.07) is 5.21. The molecule has 0 saturated carbocycles. The normalized spacial score (nSPS) is 19.2. The van der Waals surface area contributed by atoms with Crippen LogP contribution in [-0.4, -0.2) is 50.3 Å². The molecule has 0 radical (unpaired) electrons. The third-order valence-corrected chi connectivity index (χ3v) is 4.34. The molecule has 2 aliphatic heterocycles. The third kappa shape index (κ3) is 3.42. The summed E-state index contributed by atoms with van der Waals surface area (Å²) in [5.41, 5.74) is 2.08. The predicted octanol–water partition coefficient (Wildman–Crippen LogP) is 1.40. The summed E-state index contributed by atoms with van der Waals surface area (Å²) < 4.78 is 17.9. The number of hydrogen-bond donors (Lipinski definition) is 1. The summed E-state index contributed by atoms with van der Waals surface area (Å²) in [6.07, 6.45) is -0.331. The van der Waals surface area contributed by atoms with E-state index in [0.717, 1.165) is 5.56 Å². The van der Waals surface area contributed by atoms with E-state index >= 15 is 0 Å². The third-order valence-electron chi connectivity index (χ3n) is 4.34. The first-order valence-corrected chi connectivity index (χ1v) is 8.27. The van der Waals surface area contributed by atoms with E-state index in [0.29, 0.717) is 24.3 Å². The lowest BCUT2D eigenvalue weighted by Crippen LogP contribution is -2.34. The number of ether oxygens (including phenoxy) is 1. The Balaban J connectivity index is 1.71. The highest BCUT2D eigenvalue weighted by molar-refractivity contribution is 6.02. The van der Waals surface area contributed by atoms with Crippen molar-refractivity contribution in [3.05, 3.63) is 23.8 Å². The van der Waals surface area contributed by atoms with Crippen molar-refractivity contribution in [2.24, 2.45) is 0 Å². The largest absolute Gasteiger partial charge is 0.442 e. The fraction of sp³-hybridized carbons (Fsp3) is 0.471. The zero-order chi connectivity index (χ0) is 18.0. The van der Waals surface area contributed by atoms with Gasteiger partial charge in [-0.25, -0.2) is 9.18 Å². The zero-order valence-corrected chi connectivity index (χ0v) is 14.0. The highest BCUT2D eigenvalue weighted by Gasteiger charge is 2.34. The molecule has 1 aromatic rings. The van der Waals surface area contributed by atoms with Crippen LogP contribution >= 0.6 is 0 Å². The minimum absolute atomic E-state index is 0.0378. The molecule has 1 atom stereocenters. The van der Waals surface area contributed by atoms with Gasteiger partial charge in [-0.2, -0.15) is 0 Å². The molecule has 7 nitrogen and oxygen atoms in total. The van der Waals surface area contributed by atoms with Gasteiger partial charge in [0, 0.05) is 17.8 Å². The van der Waals surface area contributed by atoms with Gasteiger partial charge in [-0.05, 0) is 23.8 Å². The van der Waals surface area contributed by atoms with Crippen LogP contribution in [0.2, 0.25) is 0 Å². The zero-order valence-electron chi connectivity index (χ0n) is 14.0. The molecule has 3 amide bonds. The van der Waals surface area contributed by atoms with Crippen molar-refractivity contribution in [3.8, 4) is 0 Å². The van der Waals surface area contributed by atoms with Crippen LogP contribution in [0.4, 0.5) is 20.6 Å². The smallest absolute Gasteiger partial charge is 0.414 e. The SMILES string of the molecule is CCC(=O)NCC1CN(c2ccc3c(c2)CC(=O)N3CCF)C(=O)O1. The molecule has 1 fully saturated rings. The van der Waals surface area contributed by atoms with Gasteiger partial charge in [-0.15, -0.1) is 0 Å². The van der Waals surface area contributed by atoms with Crippen LogP contribution in [0.3, 0.4) is 0 Å². The lowest BCUT2D eigenvalue weighted by molar-refractivity contribution is -0.121. The topological polar surface area (TPSA) is 79.0 Å². The summed E-state index contributed by atoms with van der Waals surface area (Å²) in [6.45, 7) is 1.78. The van der Waals surface area contributed by atoms with Crippen LogP contribution in [-0.2, 0) is 20.7 Å². The van der Waals surface area contributed by atoms with Crippen molar-refractivity contribution in [2.45, 2.75) is 25.9 Å². The first kappa shape index (κ1) is 17.2. The number of cyclic esters (lactones) is 1. The van der Waals surface area contributed by atoms with Crippen LogP contribution < -0.4 is 15.1 Å². The van der Waals surface area contributed by atoms with Gasteiger partial charge < -0.3 is 15.0 Å². The Morgan fingerprint density at radius 2 is 2.20 bits per heavy atom. The van der Waals surface area contributed by atoms with Crippen LogP contribution in [0.15, 0.2) is 18.2 Å². The van der Waals surface area contributed by atoms with E-state index in [4.69, 9.17) is 4.74 Å². The average Bonchev–Trinajstić information content (AvgIpc) is 3.12. The predicted molar refractivity (Wildman–Crippen MR) is 89.4 cm³/mol. The standard InChI is InChI=1S/C17H20FN3O4/c1-2-15(22)19-9-13-10-21(17(24)25-13)12-3-4-14-11(7-12)8-16(23)20(14)6-5-18/h3-4,7,13H,2,5-6,8-10H2,1H3,(H,19,22). The number of carbonyl (C=O) groups is 3. The fourth-order valence-corrected chi connectivity index (χ4v) is 3.06. The molecular weight excluding hydrogens is 329 g/mol. The number of carbonyl (C=O) groups excluding carboxylic acids is 3. The van der Waals surface area contributed by atoms with Crippen LogP contribution in [0.25, 0.3) is 0 Å². The van der Waals surface area contributed by atoms with E-state index < -0.39 is 18.9 Å². The van der Waals surface area contributed by atoms with Gasteiger partial charge in [-0.3, -0.25) is 14.5 Å². The van der Waals surface area contributed by atoms with Crippen LogP contribution in [0.1, 0.15) is 18.9 Å². The van der Waals surface area contributed by atoms with Crippen molar-refractivity contribution < 1.29 is 23.5 Å². The maximum Gasteiger partial charge on any atom is 0.414 e. The lowest BCUT2D eigenvalue weighted by atomic mass is 10.1. The first-order valence-electron chi connectivity index (χ1n) is 8.27. The Morgan fingerprint density at radius 3 is 2.92 bits per heavy atom. The van der Waals surface area contributed by atoms with Gasteiger partial charge in [0.25, 0.3) is 0 Å². The second kappa shape index (κ2) is 7.08.